The number of carbonyl (C=O) groups excluding carboxylic acids is 2. The minimum absolute atomic E-state index is 0.0381. The number of esters is 1. The van der Waals surface area contributed by atoms with Crippen LogP contribution in [0.3, 0.4) is 0 Å². The van der Waals surface area contributed by atoms with E-state index < -0.39 is 17.5 Å². The SMILES string of the molecule is O=C(COC(=O)c1cc(-c2ccccc2)nc2ccccc12)c1ccc(Oc2ccc([N+](=O)[O-])cc2)cc1. The molecule has 0 aliphatic rings. The first-order valence-corrected chi connectivity index (χ1v) is 11.7. The Bertz CT molecular complexity index is 1630. The monoisotopic (exact) mass is 504 g/mol. The molecule has 0 aliphatic carbocycles. The number of hydrogen-bond acceptors (Lipinski definition) is 7. The number of Topliss-reactive ketones (excluding diaryl/α,β-unsaturated/α-hetero) is 1. The van der Waals surface area contributed by atoms with Crippen LogP contribution in [0.5, 0.6) is 11.5 Å². The predicted molar refractivity (Wildman–Crippen MR) is 141 cm³/mol. The molecule has 1 heterocycles. The standard InChI is InChI=1S/C30H20N2O6/c33-29(21-10-14-23(15-11-21)38-24-16-12-22(13-17-24)32(35)36)19-37-30(34)26-18-28(20-6-2-1-3-7-20)31-27-9-5-4-8-25(26)27/h1-18H,19H2. The zero-order valence-corrected chi connectivity index (χ0v) is 19.9. The molecule has 5 aromatic rings. The molecule has 5 rings (SSSR count). The minimum atomic E-state index is -0.618. The first kappa shape index (κ1) is 24.3. The summed E-state index contributed by atoms with van der Waals surface area (Å²) in [4.78, 5) is 40.7. The van der Waals surface area contributed by atoms with Crippen LogP contribution in [-0.4, -0.2) is 28.3 Å². The van der Waals surface area contributed by atoms with E-state index in [0.29, 0.717) is 39.2 Å². The lowest BCUT2D eigenvalue weighted by Crippen LogP contribution is -2.15. The smallest absolute Gasteiger partial charge is 0.339 e. The lowest BCUT2D eigenvalue weighted by atomic mass is 10.0. The molecule has 8 heteroatoms. The zero-order valence-electron chi connectivity index (χ0n) is 19.9. The highest BCUT2D eigenvalue weighted by Crippen LogP contribution is 2.26. The number of pyridine rings is 1. The van der Waals surface area contributed by atoms with Gasteiger partial charge in [0.2, 0.25) is 0 Å². The van der Waals surface area contributed by atoms with Crippen molar-refractivity contribution in [2.45, 2.75) is 0 Å². The molecule has 38 heavy (non-hydrogen) atoms. The molecule has 0 amide bonds. The number of aromatic nitrogens is 1. The summed E-state index contributed by atoms with van der Waals surface area (Å²) in [6.07, 6.45) is 0. The number of nitro groups is 1. The molecule has 0 saturated carbocycles. The molecule has 0 fully saturated rings. The Morgan fingerprint density at radius 3 is 2.11 bits per heavy atom. The van der Waals surface area contributed by atoms with Gasteiger partial charge in [-0.05, 0) is 48.5 Å². The molecular formula is C30H20N2O6. The molecule has 0 aliphatic heterocycles. The third-order valence-electron chi connectivity index (χ3n) is 5.80. The molecule has 8 nitrogen and oxygen atoms in total. The van der Waals surface area contributed by atoms with Gasteiger partial charge in [-0.1, -0.05) is 48.5 Å². The van der Waals surface area contributed by atoms with Crippen LogP contribution >= 0.6 is 0 Å². The number of fused-ring (bicyclic) bond motifs is 1. The van der Waals surface area contributed by atoms with Crippen LogP contribution in [0.4, 0.5) is 5.69 Å². The van der Waals surface area contributed by atoms with E-state index in [2.05, 4.69) is 4.98 Å². The average molecular weight is 504 g/mol. The summed E-state index contributed by atoms with van der Waals surface area (Å²) in [5.41, 5.74) is 2.78. The Morgan fingerprint density at radius 2 is 1.42 bits per heavy atom. The van der Waals surface area contributed by atoms with Crippen molar-refractivity contribution in [1.82, 2.24) is 4.98 Å². The van der Waals surface area contributed by atoms with Gasteiger partial charge in [-0.2, -0.15) is 0 Å². The van der Waals surface area contributed by atoms with E-state index in [0.717, 1.165) is 5.56 Å². The lowest BCUT2D eigenvalue weighted by Gasteiger charge is -2.10. The van der Waals surface area contributed by atoms with Crippen molar-refractivity contribution in [3.63, 3.8) is 0 Å². The molecule has 1 aromatic heterocycles. The number of carbonyl (C=O) groups is 2. The van der Waals surface area contributed by atoms with Crippen molar-refractivity contribution in [3.05, 3.63) is 130 Å². The fraction of sp³-hybridized carbons (Fsp3) is 0.0333. The molecule has 4 aromatic carbocycles. The van der Waals surface area contributed by atoms with Crippen LogP contribution in [-0.2, 0) is 4.74 Å². The Morgan fingerprint density at radius 1 is 0.789 bits per heavy atom. The van der Waals surface area contributed by atoms with Crippen molar-refractivity contribution in [3.8, 4) is 22.8 Å². The van der Waals surface area contributed by atoms with E-state index in [1.165, 1.54) is 24.3 Å². The maximum atomic E-state index is 13.0. The van der Waals surface area contributed by atoms with Crippen LogP contribution < -0.4 is 4.74 Å². The quantitative estimate of drug-likeness (QED) is 0.101. The number of non-ortho nitro benzene ring substituents is 1. The van der Waals surface area contributed by atoms with Crippen molar-refractivity contribution in [1.29, 1.82) is 0 Å². The number of benzene rings is 4. The number of hydrogen-bond donors (Lipinski definition) is 0. The van der Waals surface area contributed by atoms with E-state index in [9.17, 15) is 19.7 Å². The molecule has 0 radical (unpaired) electrons. The second-order valence-electron chi connectivity index (χ2n) is 8.31. The second-order valence-corrected chi connectivity index (χ2v) is 8.31. The highest BCUT2D eigenvalue weighted by molar-refractivity contribution is 6.06. The normalized spacial score (nSPS) is 10.6. The van der Waals surface area contributed by atoms with Crippen molar-refractivity contribution < 1.29 is 24.0 Å². The van der Waals surface area contributed by atoms with Gasteiger partial charge in [-0.3, -0.25) is 14.9 Å². The number of nitro benzene ring substituents is 1. The van der Waals surface area contributed by atoms with Gasteiger partial charge in [0.15, 0.2) is 12.4 Å². The second kappa shape index (κ2) is 10.7. The molecule has 186 valence electrons. The van der Waals surface area contributed by atoms with Crippen LogP contribution in [0.15, 0.2) is 109 Å². The van der Waals surface area contributed by atoms with Gasteiger partial charge in [0.1, 0.15) is 11.5 Å². The highest BCUT2D eigenvalue weighted by Gasteiger charge is 2.17. The van der Waals surface area contributed by atoms with Gasteiger partial charge >= 0.3 is 5.97 Å². The van der Waals surface area contributed by atoms with Crippen LogP contribution in [0.1, 0.15) is 20.7 Å². The Balaban J connectivity index is 1.27. The molecular weight excluding hydrogens is 484 g/mol. The van der Waals surface area contributed by atoms with Gasteiger partial charge in [-0.15, -0.1) is 0 Å². The van der Waals surface area contributed by atoms with Gasteiger partial charge in [0.25, 0.3) is 5.69 Å². The van der Waals surface area contributed by atoms with Gasteiger partial charge < -0.3 is 9.47 Å². The summed E-state index contributed by atoms with van der Waals surface area (Å²) in [7, 11) is 0. The van der Waals surface area contributed by atoms with Crippen molar-refractivity contribution in [2.75, 3.05) is 6.61 Å². The fourth-order valence-electron chi connectivity index (χ4n) is 3.87. The van der Waals surface area contributed by atoms with Crippen LogP contribution in [0.2, 0.25) is 0 Å². The predicted octanol–water partition coefficient (Wildman–Crippen LogP) is 6.64. The maximum Gasteiger partial charge on any atom is 0.339 e. The Kier molecular flexibility index (Phi) is 6.86. The number of ether oxygens (including phenoxy) is 2. The van der Waals surface area contributed by atoms with E-state index in [-0.39, 0.29) is 11.5 Å². The fourth-order valence-corrected chi connectivity index (χ4v) is 3.87. The van der Waals surface area contributed by atoms with Gasteiger partial charge in [0, 0.05) is 28.6 Å². The van der Waals surface area contributed by atoms with Crippen molar-refractivity contribution >= 4 is 28.3 Å². The molecule has 0 bridgehead atoms. The van der Waals surface area contributed by atoms with E-state index in [1.807, 2.05) is 48.5 Å². The maximum absolute atomic E-state index is 13.0. The van der Waals surface area contributed by atoms with Crippen LogP contribution in [0, 0.1) is 10.1 Å². The molecule has 0 N–H and O–H groups in total. The summed E-state index contributed by atoms with van der Waals surface area (Å²) >= 11 is 0. The number of rotatable bonds is 8. The summed E-state index contributed by atoms with van der Waals surface area (Å²) in [6, 6.07) is 30.4. The highest BCUT2D eigenvalue weighted by atomic mass is 16.6. The van der Waals surface area contributed by atoms with E-state index in [1.54, 1.807) is 36.4 Å². The molecule has 0 spiro atoms. The third-order valence-corrected chi connectivity index (χ3v) is 5.80. The summed E-state index contributed by atoms with van der Waals surface area (Å²) < 4.78 is 11.1. The summed E-state index contributed by atoms with van der Waals surface area (Å²) in [5.74, 6) is -0.124. The molecule has 0 atom stereocenters. The van der Waals surface area contributed by atoms with Crippen molar-refractivity contribution in [2.24, 2.45) is 0 Å². The van der Waals surface area contributed by atoms with Gasteiger partial charge in [0.05, 0.1) is 21.7 Å². The summed E-state index contributed by atoms with van der Waals surface area (Å²) in [6.45, 7) is -0.432. The molecule has 0 unspecified atom stereocenters. The molecule has 0 saturated heterocycles. The lowest BCUT2D eigenvalue weighted by molar-refractivity contribution is -0.384. The first-order valence-electron chi connectivity index (χ1n) is 11.7. The number of nitrogens with zero attached hydrogens (tertiary/aromatic N) is 2. The Labute approximate surface area is 217 Å². The minimum Gasteiger partial charge on any atom is -0.457 e. The van der Waals surface area contributed by atoms with E-state index >= 15 is 0 Å². The largest absolute Gasteiger partial charge is 0.457 e. The Hall–Kier alpha value is -5.37. The van der Waals surface area contributed by atoms with E-state index in [4.69, 9.17) is 9.47 Å². The van der Waals surface area contributed by atoms with Gasteiger partial charge in [-0.25, -0.2) is 9.78 Å². The first-order chi connectivity index (χ1) is 18.5. The average Bonchev–Trinajstić information content (AvgIpc) is 2.96. The van der Waals surface area contributed by atoms with Crippen LogP contribution in [0.25, 0.3) is 22.2 Å². The zero-order chi connectivity index (χ0) is 26.5. The number of para-hydroxylation sites is 1. The number of ketones is 1. The topological polar surface area (TPSA) is 109 Å². The summed E-state index contributed by atoms with van der Waals surface area (Å²) in [5, 5.41) is 11.4. The third kappa shape index (κ3) is 5.39.